The summed E-state index contributed by atoms with van der Waals surface area (Å²) in [6.07, 6.45) is 5.59. The van der Waals surface area contributed by atoms with Gasteiger partial charge in [-0.3, -0.25) is 4.68 Å². The molecule has 0 amide bonds. The molecule has 0 atom stereocenters. The van der Waals surface area contributed by atoms with Crippen LogP contribution in [0.4, 0.5) is 5.82 Å². The third-order valence-electron chi connectivity index (χ3n) is 4.10. The highest BCUT2D eigenvalue weighted by atomic mass is 35.5. The maximum Gasteiger partial charge on any atom is 0.131 e. The van der Waals surface area contributed by atoms with Crippen molar-refractivity contribution in [3.63, 3.8) is 0 Å². The van der Waals surface area contributed by atoms with E-state index in [1.165, 1.54) is 50.2 Å². The molecule has 4 heteroatoms. The summed E-state index contributed by atoms with van der Waals surface area (Å²) in [6.45, 7) is 4.45. The lowest BCUT2D eigenvalue weighted by atomic mass is 10.2. The van der Waals surface area contributed by atoms with Crippen LogP contribution in [0.5, 0.6) is 0 Å². The Morgan fingerprint density at radius 1 is 1.22 bits per heavy atom. The molecule has 0 N–H and O–H groups in total. The largest absolute Gasteiger partial charge is 0.356 e. The Morgan fingerprint density at radius 2 is 1.78 bits per heavy atom. The fraction of sp³-hybridized carbons (Fsp3) is 0.786. The minimum absolute atomic E-state index is 0.570. The molecular formula is C14H22ClN3. The van der Waals surface area contributed by atoms with E-state index in [4.69, 9.17) is 11.6 Å². The summed E-state index contributed by atoms with van der Waals surface area (Å²) in [5.41, 5.74) is 2.31. The van der Waals surface area contributed by atoms with Crippen molar-refractivity contribution in [2.45, 2.75) is 38.5 Å². The van der Waals surface area contributed by atoms with Crippen LogP contribution < -0.4 is 4.90 Å². The quantitative estimate of drug-likeness (QED) is 0.739. The Hall–Kier alpha value is -0.700. The number of nitrogens with zero attached hydrogens (tertiary/aromatic N) is 3. The maximum absolute atomic E-state index is 6.12. The molecular weight excluding hydrogens is 246 g/mol. The van der Waals surface area contributed by atoms with Crippen LogP contribution in [0.25, 0.3) is 0 Å². The predicted octanol–water partition coefficient (Wildman–Crippen LogP) is 3.09. The molecule has 0 saturated heterocycles. The second-order valence-corrected chi connectivity index (χ2v) is 6.20. The van der Waals surface area contributed by atoms with Crippen LogP contribution in [0.2, 0.25) is 0 Å². The van der Waals surface area contributed by atoms with Crippen LogP contribution in [0.15, 0.2) is 0 Å². The lowest BCUT2D eigenvalue weighted by molar-refractivity contribution is 0.638. The molecule has 1 aromatic heterocycles. The van der Waals surface area contributed by atoms with Crippen LogP contribution in [0.3, 0.4) is 0 Å². The van der Waals surface area contributed by atoms with Gasteiger partial charge in [0.1, 0.15) is 5.82 Å². The molecule has 100 valence electrons. The van der Waals surface area contributed by atoms with E-state index in [1.54, 1.807) is 0 Å². The van der Waals surface area contributed by atoms with Crippen LogP contribution in [-0.4, -0.2) is 22.9 Å². The zero-order chi connectivity index (χ0) is 12.7. The van der Waals surface area contributed by atoms with Crippen LogP contribution >= 0.6 is 11.6 Å². The Kier molecular flexibility index (Phi) is 3.27. The molecule has 0 radical (unpaired) electrons. The van der Waals surface area contributed by atoms with E-state index in [2.05, 4.69) is 16.9 Å². The van der Waals surface area contributed by atoms with Gasteiger partial charge in [-0.15, -0.1) is 11.6 Å². The lowest BCUT2D eigenvalue weighted by Gasteiger charge is -2.25. The van der Waals surface area contributed by atoms with Crippen molar-refractivity contribution in [3.8, 4) is 0 Å². The Morgan fingerprint density at radius 3 is 2.22 bits per heavy atom. The summed E-state index contributed by atoms with van der Waals surface area (Å²) in [5.74, 6) is 3.64. The minimum Gasteiger partial charge on any atom is -0.356 e. The molecule has 2 aliphatic carbocycles. The molecule has 3 rings (SSSR count). The van der Waals surface area contributed by atoms with Crippen molar-refractivity contribution < 1.29 is 0 Å². The van der Waals surface area contributed by atoms with Crippen molar-refractivity contribution in [2.24, 2.45) is 18.9 Å². The third kappa shape index (κ3) is 2.51. The highest BCUT2D eigenvalue weighted by Crippen LogP contribution is 2.37. The topological polar surface area (TPSA) is 21.1 Å². The predicted molar refractivity (Wildman–Crippen MR) is 75.2 cm³/mol. The molecule has 0 aromatic carbocycles. The van der Waals surface area contributed by atoms with Crippen LogP contribution in [-0.2, 0) is 12.9 Å². The van der Waals surface area contributed by atoms with E-state index in [9.17, 15) is 0 Å². The highest BCUT2D eigenvalue weighted by molar-refractivity contribution is 6.17. The number of alkyl halides is 1. The van der Waals surface area contributed by atoms with Crippen molar-refractivity contribution in [1.82, 2.24) is 9.78 Å². The Labute approximate surface area is 114 Å². The molecule has 2 aliphatic rings. The number of aryl methyl sites for hydroxylation is 2. The SMILES string of the molecule is Cc1nn(C)c(N(CC2CC2)CC2CC2)c1CCl. The molecule has 0 bridgehead atoms. The standard InChI is InChI=1S/C14H22ClN3/c1-10-13(7-15)14(17(2)16-10)18(8-11-3-4-11)9-12-5-6-12/h11-12H,3-9H2,1-2H3. The summed E-state index contributed by atoms with van der Waals surface area (Å²) in [5, 5.41) is 4.55. The van der Waals surface area contributed by atoms with Crippen LogP contribution in [0, 0.1) is 18.8 Å². The molecule has 0 unspecified atom stereocenters. The third-order valence-corrected chi connectivity index (χ3v) is 4.36. The molecule has 0 aliphatic heterocycles. The number of halogens is 1. The van der Waals surface area contributed by atoms with Gasteiger partial charge >= 0.3 is 0 Å². The molecule has 2 fully saturated rings. The second-order valence-electron chi connectivity index (χ2n) is 5.94. The summed E-state index contributed by atoms with van der Waals surface area (Å²) < 4.78 is 2.03. The Bertz CT molecular complexity index is 418. The number of hydrogen-bond donors (Lipinski definition) is 0. The zero-order valence-electron chi connectivity index (χ0n) is 11.3. The van der Waals surface area contributed by atoms with Gasteiger partial charge in [-0.25, -0.2) is 0 Å². The zero-order valence-corrected chi connectivity index (χ0v) is 12.1. The van der Waals surface area contributed by atoms with E-state index >= 15 is 0 Å². The van der Waals surface area contributed by atoms with E-state index in [1.807, 2.05) is 11.7 Å². The summed E-state index contributed by atoms with van der Waals surface area (Å²) in [4.78, 5) is 2.55. The lowest BCUT2D eigenvalue weighted by Crippen LogP contribution is -2.30. The normalized spacial score (nSPS) is 19.3. The first-order valence-corrected chi connectivity index (χ1v) is 7.56. The van der Waals surface area contributed by atoms with E-state index in [-0.39, 0.29) is 0 Å². The van der Waals surface area contributed by atoms with Gasteiger partial charge in [0.25, 0.3) is 0 Å². The first-order valence-electron chi connectivity index (χ1n) is 7.02. The number of rotatable bonds is 6. The number of aromatic nitrogens is 2. The first-order chi connectivity index (χ1) is 8.69. The van der Waals surface area contributed by atoms with Gasteiger partial charge in [0.15, 0.2) is 0 Å². The van der Waals surface area contributed by atoms with Crippen molar-refractivity contribution >= 4 is 17.4 Å². The second kappa shape index (κ2) is 4.76. The van der Waals surface area contributed by atoms with E-state index < -0.39 is 0 Å². The average Bonchev–Trinajstić information content (AvgIpc) is 3.20. The number of hydrogen-bond acceptors (Lipinski definition) is 2. The molecule has 2 saturated carbocycles. The summed E-state index contributed by atoms with van der Waals surface area (Å²) >= 11 is 6.12. The van der Waals surface area contributed by atoms with E-state index in [0.29, 0.717) is 5.88 Å². The smallest absolute Gasteiger partial charge is 0.131 e. The van der Waals surface area contributed by atoms with Gasteiger partial charge in [0.2, 0.25) is 0 Å². The van der Waals surface area contributed by atoms with Gasteiger partial charge in [-0.1, -0.05) is 0 Å². The highest BCUT2D eigenvalue weighted by Gasteiger charge is 2.31. The fourth-order valence-electron chi connectivity index (χ4n) is 2.71. The molecule has 3 nitrogen and oxygen atoms in total. The van der Waals surface area contributed by atoms with Gasteiger partial charge in [-0.2, -0.15) is 5.10 Å². The van der Waals surface area contributed by atoms with Gasteiger partial charge in [-0.05, 0) is 44.4 Å². The molecule has 1 heterocycles. The van der Waals surface area contributed by atoms with E-state index in [0.717, 1.165) is 17.5 Å². The maximum atomic E-state index is 6.12. The fourth-order valence-corrected chi connectivity index (χ4v) is 3.03. The molecule has 18 heavy (non-hydrogen) atoms. The molecule has 1 aromatic rings. The summed E-state index contributed by atoms with van der Waals surface area (Å²) in [7, 11) is 2.05. The van der Waals surface area contributed by atoms with Crippen molar-refractivity contribution in [3.05, 3.63) is 11.3 Å². The first kappa shape index (κ1) is 12.3. The molecule has 0 spiro atoms. The van der Waals surface area contributed by atoms with Gasteiger partial charge in [0.05, 0.1) is 11.6 Å². The van der Waals surface area contributed by atoms with Crippen molar-refractivity contribution in [1.29, 1.82) is 0 Å². The monoisotopic (exact) mass is 267 g/mol. The number of anilines is 1. The minimum atomic E-state index is 0.570. The van der Waals surface area contributed by atoms with Gasteiger partial charge in [0, 0.05) is 25.7 Å². The van der Waals surface area contributed by atoms with Crippen molar-refractivity contribution in [2.75, 3.05) is 18.0 Å². The van der Waals surface area contributed by atoms with Crippen LogP contribution in [0.1, 0.15) is 36.9 Å². The average molecular weight is 268 g/mol. The van der Waals surface area contributed by atoms with Gasteiger partial charge < -0.3 is 4.90 Å². The summed E-state index contributed by atoms with van der Waals surface area (Å²) in [6, 6.07) is 0. The Balaban J connectivity index is 1.86.